The van der Waals surface area contributed by atoms with E-state index in [4.69, 9.17) is 4.42 Å². The van der Waals surface area contributed by atoms with Crippen LogP contribution in [0.4, 0.5) is 13.2 Å². The Morgan fingerprint density at radius 3 is 2.43 bits per heavy atom. The Labute approximate surface area is 162 Å². The predicted octanol–water partition coefficient (Wildman–Crippen LogP) is 5.15. The van der Waals surface area contributed by atoms with Crippen molar-refractivity contribution in [1.29, 1.82) is 0 Å². The van der Waals surface area contributed by atoms with Gasteiger partial charge in [-0.1, -0.05) is 30.3 Å². The highest BCUT2D eigenvalue weighted by Crippen LogP contribution is 2.32. The molecule has 0 radical (unpaired) electrons. The molecule has 0 fully saturated rings. The van der Waals surface area contributed by atoms with Crippen molar-refractivity contribution in [2.45, 2.75) is 22.9 Å². The Balaban J connectivity index is 1.67. The molecule has 0 bridgehead atoms. The van der Waals surface area contributed by atoms with Gasteiger partial charge in [-0.25, -0.2) is 4.98 Å². The van der Waals surface area contributed by atoms with Gasteiger partial charge in [-0.2, -0.15) is 13.2 Å². The first-order chi connectivity index (χ1) is 13.5. The van der Waals surface area contributed by atoms with Gasteiger partial charge in [0.2, 0.25) is 0 Å². The first-order valence-electron chi connectivity index (χ1n) is 8.23. The molecule has 0 aliphatic carbocycles. The third-order valence-electron chi connectivity index (χ3n) is 3.91. The number of aromatic nitrogens is 4. The van der Waals surface area contributed by atoms with Crippen molar-refractivity contribution in [3.8, 4) is 11.3 Å². The van der Waals surface area contributed by atoms with Crippen LogP contribution in [0, 0.1) is 0 Å². The quantitative estimate of drug-likeness (QED) is 0.462. The van der Waals surface area contributed by atoms with E-state index in [1.807, 2.05) is 41.0 Å². The molecule has 3 heterocycles. The fourth-order valence-electron chi connectivity index (χ4n) is 2.61. The Morgan fingerprint density at radius 2 is 1.79 bits per heavy atom. The van der Waals surface area contributed by atoms with Gasteiger partial charge in [0.1, 0.15) is 10.8 Å². The molecular formula is C19H13F3N4OS. The van der Waals surface area contributed by atoms with Crippen molar-refractivity contribution in [2.24, 2.45) is 0 Å². The second-order valence-corrected chi connectivity index (χ2v) is 6.80. The number of nitrogens with zero attached hydrogens (tertiary/aromatic N) is 4. The Hall–Kier alpha value is -3.07. The summed E-state index contributed by atoms with van der Waals surface area (Å²) >= 11 is 1.14. The van der Waals surface area contributed by atoms with Crippen molar-refractivity contribution in [3.05, 3.63) is 78.5 Å². The minimum atomic E-state index is -4.52. The van der Waals surface area contributed by atoms with Crippen molar-refractivity contribution in [1.82, 2.24) is 19.7 Å². The highest BCUT2D eigenvalue weighted by atomic mass is 32.2. The van der Waals surface area contributed by atoms with E-state index in [-0.39, 0.29) is 0 Å². The lowest BCUT2D eigenvalue weighted by Gasteiger charge is -2.10. The van der Waals surface area contributed by atoms with Gasteiger partial charge in [0.15, 0.2) is 10.9 Å². The van der Waals surface area contributed by atoms with Crippen LogP contribution >= 0.6 is 11.8 Å². The minimum absolute atomic E-state index is 0.318. The summed E-state index contributed by atoms with van der Waals surface area (Å²) in [5, 5.41) is 7.83. The Bertz CT molecular complexity index is 1050. The van der Waals surface area contributed by atoms with Gasteiger partial charge in [0.05, 0.1) is 24.7 Å². The zero-order chi connectivity index (χ0) is 19.6. The lowest BCUT2D eigenvalue weighted by molar-refractivity contribution is -0.141. The molecule has 0 saturated carbocycles. The van der Waals surface area contributed by atoms with Gasteiger partial charge in [-0.3, -0.25) is 0 Å². The van der Waals surface area contributed by atoms with Gasteiger partial charge in [0, 0.05) is 0 Å². The van der Waals surface area contributed by atoms with Gasteiger partial charge in [0.25, 0.3) is 0 Å². The second-order valence-electron chi connectivity index (χ2n) is 5.81. The third-order valence-corrected chi connectivity index (χ3v) is 4.84. The molecule has 3 aromatic heterocycles. The molecule has 0 aliphatic heterocycles. The fraction of sp³-hybridized carbons (Fsp3) is 0.105. The number of furan rings is 1. The topological polar surface area (TPSA) is 56.7 Å². The molecule has 0 unspecified atom stereocenters. The number of hydrogen-bond donors (Lipinski definition) is 0. The molecule has 4 aromatic rings. The molecule has 0 spiro atoms. The molecule has 1 aromatic carbocycles. The molecule has 0 amide bonds. The van der Waals surface area contributed by atoms with E-state index in [0.717, 1.165) is 34.8 Å². The Kier molecular flexibility index (Phi) is 4.91. The fourth-order valence-corrected chi connectivity index (χ4v) is 3.39. The standard InChI is InChI=1S/C19H13F3N4OS/c20-19(21,22)16-8-9-17(25-24-16)28-18-23-11-15(13-5-2-1-3-6-13)26(18)12-14-7-4-10-27-14/h1-11H,12H2. The molecule has 142 valence electrons. The van der Waals surface area contributed by atoms with Crippen LogP contribution in [0.25, 0.3) is 11.3 Å². The van der Waals surface area contributed by atoms with Crippen LogP contribution < -0.4 is 0 Å². The minimum Gasteiger partial charge on any atom is -0.467 e. The lowest BCUT2D eigenvalue weighted by atomic mass is 10.2. The molecule has 0 saturated heterocycles. The summed E-state index contributed by atoms with van der Waals surface area (Å²) in [6.45, 7) is 0.424. The first kappa shape index (κ1) is 18.3. The van der Waals surface area contributed by atoms with E-state index in [9.17, 15) is 13.2 Å². The van der Waals surface area contributed by atoms with Crippen LogP contribution in [-0.2, 0) is 12.7 Å². The summed E-state index contributed by atoms with van der Waals surface area (Å²) in [4.78, 5) is 4.43. The highest BCUT2D eigenvalue weighted by molar-refractivity contribution is 7.99. The average molecular weight is 402 g/mol. The molecule has 0 atom stereocenters. The number of rotatable bonds is 5. The number of imidazole rings is 1. The summed E-state index contributed by atoms with van der Waals surface area (Å²) in [6, 6.07) is 15.5. The molecular weight excluding hydrogens is 389 g/mol. The van der Waals surface area contributed by atoms with Crippen LogP contribution in [0.15, 0.2) is 81.7 Å². The van der Waals surface area contributed by atoms with E-state index in [1.165, 1.54) is 6.07 Å². The zero-order valence-electron chi connectivity index (χ0n) is 14.3. The highest BCUT2D eigenvalue weighted by Gasteiger charge is 2.33. The normalized spacial score (nSPS) is 11.7. The van der Waals surface area contributed by atoms with E-state index in [2.05, 4.69) is 15.2 Å². The molecule has 0 N–H and O–H groups in total. The Morgan fingerprint density at radius 1 is 0.964 bits per heavy atom. The SMILES string of the molecule is FC(F)(F)c1ccc(Sc2ncc(-c3ccccc3)n2Cc2ccco2)nn1. The third kappa shape index (κ3) is 3.94. The van der Waals surface area contributed by atoms with Gasteiger partial charge >= 0.3 is 6.18 Å². The largest absolute Gasteiger partial charge is 0.467 e. The van der Waals surface area contributed by atoms with Crippen molar-refractivity contribution >= 4 is 11.8 Å². The monoisotopic (exact) mass is 402 g/mol. The van der Waals surface area contributed by atoms with Crippen LogP contribution in [0.2, 0.25) is 0 Å². The molecule has 0 aliphatic rings. The van der Waals surface area contributed by atoms with Gasteiger partial charge < -0.3 is 8.98 Å². The second kappa shape index (κ2) is 7.51. The predicted molar refractivity (Wildman–Crippen MR) is 96.6 cm³/mol. The van der Waals surface area contributed by atoms with E-state index >= 15 is 0 Å². The summed E-state index contributed by atoms with van der Waals surface area (Å²) in [5.74, 6) is 0.732. The van der Waals surface area contributed by atoms with Crippen molar-refractivity contribution < 1.29 is 17.6 Å². The summed E-state index contributed by atoms with van der Waals surface area (Å²) < 4.78 is 45.4. The first-order valence-corrected chi connectivity index (χ1v) is 9.04. The van der Waals surface area contributed by atoms with Crippen LogP contribution in [-0.4, -0.2) is 19.7 Å². The maximum atomic E-state index is 12.7. The summed E-state index contributed by atoms with van der Waals surface area (Å²) in [5.41, 5.74) is 0.798. The molecule has 4 rings (SSSR count). The van der Waals surface area contributed by atoms with E-state index in [0.29, 0.717) is 16.7 Å². The van der Waals surface area contributed by atoms with Crippen LogP contribution in [0.3, 0.4) is 0 Å². The number of benzene rings is 1. The summed E-state index contributed by atoms with van der Waals surface area (Å²) in [7, 11) is 0. The molecule has 9 heteroatoms. The lowest BCUT2D eigenvalue weighted by Crippen LogP contribution is -2.09. The van der Waals surface area contributed by atoms with E-state index in [1.54, 1.807) is 18.5 Å². The zero-order valence-corrected chi connectivity index (χ0v) is 15.1. The number of halogens is 3. The number of alkyl halides is 3. The van der Waals surface area contributed by atoms with Crippen LogP contribution in [0.5, 0.6) is 0 Å². The van der Waals surface area contributed by atoms with Gasteiger partial charge in [-0.05, 0) is 41.6 Å². The van der Waals surface area contributed by atoms with Gasteiger partial charge in [-0.15, -0.1) is 10.2 Å². The summed E-state index contributed by atoms with van der Waals surface area (Å²) in [6.07, 6.45) is -1.21. The van der Waals surface area contributed by atoms with E-state index < -0.39 is 11.9 Å². The molecule has 28 heavy (non-hydrogen) atoms. The average Bonchev–Trinajstić information content (AvgIpc) is 3.33. The maximum Gasteiger partial charge on any atom is 0.435 e. The number of hydrogen-bond acceptors (Lipinski definition) is 5. The molecule has 5 nitrogen and oxygen atoms in total. The van der Waals surface area contributed by atoms with Crippen molar-refractivity contribution in [3.63, 3.8) is 0 Å². The maximum absolute atomic E-state index is 12.7. The van der Waals surface area contributed by atoms with Crippen molar-refractivity contribution in [2.75, 3.05) is 0 Å². The van der Waals surface area contributed by atoms with Crippen LogP contribution in [0.1, 0.15) is 11.5 Å². The smallest absolute Gasteiger partial charge is 0.435 e.